The van der Waals surface area contributed by atoms with E-state index < -0.39 is 24.2 Å². The van der Waals surface area contributed by atoms with Crippen LogP contribution in [-0.2, 0) is 14.3 Å². The van der Waals surface area contributed by atoms with Crippen molar-refractivity contribution in [1.82, 2.24) is 0 Å². The number of anilines is 1. The Hall–Kier alpha value is -4.13. The van der Waals surface area contributed by atoms with Crippen LogP contribution in [0.3, 0.4) is 0 Å². The Labute approximate surface area is 207 Å². The van der Waals surface area contributed by atoms with E-state index in [9.17, 15) is 23.6 Å². The number of carbonyl (C=O) groups is 4. The van der Waals surface area contributed by atoms with Crippen LogP contribution < -0.4 is 4.90 Å². The van der Waals surface area contributed by atoms with Gasteiger partial charge in [-0.2, -0.15) is 0 Å². The van der Waals surface area contributed by atoms with Gasteiger partial charge in [0.1, 0.15) is 5.82 Å². The van der Waals surface area contributed by atoms with Crippen LogP contribution >= 0.6 is 0 Å². The fraction of sp³-hybridized carbons (Fsp3) is 0.241. The minimum Gasteiger partial charge on any atom is -0.454 e. The van der Waals surface area contributed by atoms with E-state index in [0.29, 0.717) is 18.5 Å². The van der Waals surface area contributed by atoms with Crippen LogP contribution in [0.1, 0.15) is 51.5 Å². The molecule has 36 heavy (non-hydrogen) atoms. The number of ether oxygens (including phenoxy) is 1. The predicted octanol–water partition coefficient (Wildman–Crippen LogP) is 4.94. The van der Waals surface area contributed by atoms with Crippen LogP contribution in [0, 0.1) is 17.7 Å². The van der Waals surface area contributed by atoms with Gasteiger partial charge >= 0.3 is 5.97 Å². The molecule has 182 valence electrons. The molecule has 6 nitrogen and oxygen atoms in total. The molecule has 5 rings (SSSR count). The number of carbonyl (C=O) groups excluding carboxylic acids is 4. The summed E-state index contributed by atoms with van der Waals surface area (Å²) in [6, 6.07) is 21.1. The van der Waals surface area contributed by atoms with Crippen LogP contribution in [0.2, 0.25) is 0 Å². The molecule has 1 heterocycles. The predicted molar refractivity (Wildman–Crippen MR) is 130 cm³/mol. The van der Waals surface area contributed by atoms with E-state index in [0.717, 1.165) is 18.6 Å². The zero-order chi connectivity index (χ0) is 25.2. The number of hydrogen-bond acceptors (Lipinski definition) is 5. The van der Waals surface area contributed by atoms with Crippen LogP contribution in [0.4, 0.5) is 10.1 Å². The molecule has 0 unspecified atom stereocenters. The quantitative estimate of drug-likeness (QED) is 0.281. The summed E-state index contributed by atoms with van der Waals surface area (Å²) >= 11 is 0. The number of ketones is 1. The van der Waals surface area contributed by atoms with Gasteiger partial charge in [0.2, 0.25) is 11.8 Å². The highest BCUT2D eigenvalue weighted by molar-refractivity contribution is 6.22. The molecule has 2 amide bonds. The molecule has 0 aromatic heterocycles. The highest BCUT2D eigenvalue weighted by Crippen LogP contribution is 2.45. The van der Waals surface area contributed by atoms with Crippen molar-refractivity contribution in [3.8, 4) is 0 Å². The molecule has 2 fully saturated rings. The summed E-state index contributed by atoms with van der Waals surface area (Å²) in [7, 11) is 0. The summed E-state index contributed by atoms with van der Waals surface area (Å²) in [6.45, 7) is -0.513. The molecular weight excluding hydrogens is 461 g/mol. The molecule has 1 saturated carbocycles. The first kappa shape index (κ1) is 23.6. The van der Waals surface area contributed by atoms with Crippen LogP contribution in [0.15, 0.2) is 78.9 Å². The van der Waals surface area contributed by atoms with E-state index in [2.05, 4.69) is 12.1 Å². The maximum Gasteiger partial charge on any atom is 0.338 e. The topological polar surface area (TPSA) is 80.8 Å². The maximum atomic E-state index is 13.3. The zero-order valence-electron chi connectivity index (χ0n) is 19.4. The normalized spacial score (nSPS) is 21.2. The number of nitrogens with zero attached hydrogens (tertiary/aromatic N) is 1. The van der Waals surface area contributed by atoms with Crippen molar-refractivity contribution in [2.24, 2.45) is 11.8 Å². The Kier molecular flexibility index (Phi) is 6.46. The third-order valence-electron chi connectivity index (χ3n) is 7.04. The summed E-state index contributed by atoms with van der Waals surface area (Å²) in [5.41, 5.74) is 1.84. The number of imide groups is 1. The molecular formula is C29H24FNO5. The van der Waals surface area contributed by atoms with Crippen LogP contribution in [0.5, 0.6) is 0 Å². The number of fused-ring (bicyclic) bond motifs is 1. The number of benzene rings is 3. The number of esters is 1. The number of rotatable bonds is 6. The Morgan fingerprint density at radius 3 is 2.31 bits per heavy atom. The van der Waals surface area contributed by atoms with E-state index in [1.165, 1.54) is 34.7 Å². The maximum absolute atomic E-state index is 13.3. The molecule has 0 radical (unpaired) electrons. The highest BCUT2D eigenvalue weighted by atomic mass is 19.1. The van der Waals surface area contributed by atoms with Gasteiger partial charge in [0.05, 0.1) is 23.1 Å². The van der Waals surface area contributed by atoms with Gasteiger partial charge in [0.15, 0.2) is 12.4 Å². The summed E-state index contributed by atoms with van der Waals surface area (Å²) in [4.78, 5) is 52.5. The minimum atomic E-state index is -0.757. The second-order valence-electron chi connectivity index (χ2n) is 9.20. The molecule has 0 spiro atoms. The lowest BCUT2D eigenvalue weighted by Gasteiger charge is -2.28. The van der Waals surface area contributed by atoms with E-state index in [4.69, 9.17) is 4.74 Å². The van der Waals surface area contributed by atoms with Crippen molar-refractivity contribution >= 4 is 29.3 Å². The number of Topliss-reactive ketones (excluding diaryl/α,β-unsaturated/α-hetero) is 1. The van der Waals surface area contributed by atoms with Gasteiger partial charge in [-0.1, -0.05) is 36.4 Å². The molecule has 1 aliphatic heterocycles. The van der Waals surface area contributed by atoms with Crippen LogP contribution in [-0.4, -0.2) is 30.2 Å². The molecule has 7 heteroatoms. The third-order valence-corrected chi connectivity index (χ3v) is 7.04. The molecule has 2 aliphatic rings. The largest absolute Gasteiger partial charge is 0.454 e. The summed E-state index contributed by atoms with van der Waals surface area (Å²) in [6.07, 6.45) is 2.09. The lowest BCUT2D eigenvalue weighted by molar-refractivity contribution is -0.122. The van der Waals surface area contributed by atoms with E-state index in [1.807, 2.05) is 18.2 Å². The Bertz CT molecular complexity index is 1320. The van der Waals surface area contributed by atoms with Gasteiger partial charge in [0, 0.05) is 5.56 Å². The fourth-order valence-corrected chi connectivity index (χ4v) is 5.17. The molecule has 0 bridgehead atoms. The molecule has 0 N–H and O–H groups in total. The van der Waals surface area contributed by atoms with Crippen molar-refractivity contribution in [2.45, 2.75) is 25.2 Å². The summed E-state index contributed by atoms with van der Waals surface area (Å²) in [5, 5.41) is 0. The minimum absolute atomic E-state index is 0.122. The zero-order valence-corrected chi connectivity index (χ0v) is 19.4. The van der Waals surface area contributed by atoms with Crippen molar-refractivity contribution in [2.75, 3.05) is 11.5 Å². The van der Waals surface area contributed by atoms with E-state index >= 15 is 0 Å². The first-order chi connectivity index (χ1) is 17.4. The lowest BCUT2D eigenvalue weighted by atomic mass is 9.73. The number of halogens is 1. The van der Waals surface area contributed by atoms with Gasteiger partial charge in [-0.25, -0.2) is 9.18 Å². The average molecular weight is 486 g/mol. The molecule has 3 aromatic rings. The number of amides is 2. The Morgan fingerprint density at radius 2 is 1.56 bits per heavy atom. The molecule has 1 aliphatic carbocycles. The van der Waals surface area contributed by atoms with Gasteiger partial charge in [-0.05, 0) is 73.2 Å². The Balaban J connectivity index is 1.28. The first-order valence-corrected chi connectivity index (χ1v) is 11.9. The lowest BCUT2D eigenvalue weighted by Crippen LogP contribution is -2.31. The molecule has 3 aromatic carbocycles. The second kappa shape index (κ2) is 9.85. The highest BCUT2D eigenvalue weighted by Gasteiger charge is 2.50. The number of hydrogen-bond donors (Lipinski definition) is 0. The van der Waals surface area contributed by atoms with Gasteiger partial charge < -0.3 is 4.74 Å². The summed E-state index contributed by atoms with van der Waals surface area (Å²) in [5.74, 6) is -2.71. The van der Waals surface area contributed by atoms with E-state index in [1.54, 1.807) is 12.1 Å². The Morgan fingerprint density at radius 1 is 0.833 bits per heavy atom. The average Bonchev–Trinajstić information content (AvgIpc) is 3.17. The standard InChI is InChI=1S/C29H24FNO5/c30-22-12-9-19(10-13-22)26(32)17-36-29(35)21-7-4-8-23(15-21)31-27(33)24-14-11-20(16-25(24)28(31)34)18-5-2-1-3-6-18/h1-10,12-13,15,20,24-25H,11,14,16-17H2/t20-,24+,25-/m0/s1. The van der Waals surface area contributed by atoms with E-state index in [-0.39, 0.29) is 40.7 Å². The molecule has 3 atom stereocenters. The van der Waals surface area contributed by atoms with Crippen molar-refractivity contribution < 1.29 is 28.3 Å². The first-order valence-electron chi connectivity index (χ1n) is 11.9. The van der Waals surface area contributed by atoms with Gasteiger partial charge in [0.25, 0.3) is 0 Å². The third kappa shape index (κ3) is 4.56. The van der Waals surface area contributed by atoms with Gasteiger partial charge in [-0.15, -0.1) is 0 Å². The van der Waals surface area contributed by atoms with Crippen molar-refractivity contribution in [3.05, 3.63) is 101 Å². The SMILES string of the molecule is O=C(COC(=O)c1cccc(N2C(=O)[C@H]3C[C@@H](c4ccccc4)CC[C@H]3C2=O)c1)c1ccc(F)cc1. The summed E-state index contributed by atoms with van der Waals surface area (Å²) < 4.78 is 18.2. The van der Waals surface area contributed by atoms with Crippen LogP contribution in [0.25, 0.3) is 0 Å². The molecule has 1 saturated heterocycles. The second-order valence-corrected chi connectivity index (χ2v) is 9.20. The van der Waals surface area contributed by atoms with Gasteiger partial charge in [-0.3, -0.25) is 19.3 Å². The fourth-order valence-electron chi connectivity index (χ4n) is 5.17. The monoisotopic (exact) mass is 485 g/mol. The van der Waals surface area contributed by atoms with Crippen molar-refractivity contribution in [1.29, 1.82) is 0 Å². The smallest absolute Gasteiger partial charge is 0.338 e. The van der Waals surface area contributed by atoms with Crippen molar-refractivity contribution in [3.63, 3.8) is 0 Å².